The average Bonchev–Trinajstić information content (AvgIpc) is 2.30. The van der Waals surface area contributed by atoms with Crippen molar-refractivity contribution < 1.29 is 4.79 Å². The van der Waals surface area contributed by atoms with Crippen molar-refractivity contribution in [3.8, 4) is 0 Å². The molecule has 0 aliphatic heterocycles. The molecule has 0 fully saturated rings. The fourth-order valence-electron chi connectivity index (χ4n) is 1.41. The van der Waals surface area contributed by atoms with Crippen molar-refractivity contribution in [2.24, 2.45) is 0 Å². The largest absolute Gasteiger partial charge is 0.341 e. The van der Waals surface area contributed by atoms with E-state index in [1.165, 1.54) is 0 Å². The van der Waals surface area contributed by atoms with E-state index in [2.05, 4.69) is 10.3 Å². The molecule has 1 heterocycles. The van der Waals surface area contributed by atoms with Crippen LogP contribution in [0.3, 0.4) is 0 Å². The maximum atomic E-state index is 11.7. The molecule has 0 atom stereocenters. The third kappa shape index (κ3) is 4.40. The number of nitrogens with zero attached hydrogens (tertiary/aromatic N) is 2. The summed E-state index contributed by atoms with van der Waals surface area (Å²) in [6.45, 7) is 4.33. The lowest BCUT2D eigenvalue weighted by atomic mass is 10.2. The molecular weight excluding hydrogens is 202 g/mol. The molecule has 0 saturated carbocycles. The van der Waals surface area contributed by atoms with Gasteiger partial charge in [0.2, 0.25) is 5.91 Å². The van der Waals surface area contributed by atoms with Crippen LogP contribution >= 0.6 is 0 Å². The fourth-order valence-corrected chi connectivity index (χ4v) is 1.41. The maximum Gasteiger partial charge on any atom is 0.223 e. The van der Waals surface area contributed by atoms with E-state index < -0.39 is 0 Å². The minimum Gasteiger partial charge on any atom is -0.341 e. The number of nitrogens with one attached hydrogen (secondary N) is 1. The summed E-state index contributed by atoms with van der Waals surface area (Å²) < 4.78 is 0. The maximum absolute atomic E-state index is 11.7. The molecule has 1 aromatic rings. The zero-order valence-corrected chi connectivity index (χ0v) is 9.94. The zero-order chi connectivity index (χ0) is 11.8. The van der Waals surface area contributed by atoms with Crippen molar-refractivity contribution in [3.05, 3.63) is 30.1 Å². The molecule has 0 aromatic carbocycles. The highest BCUT2D eigenvalue weighted by molar-refractivity contribution is 5.76. The number of pyridine rings is 1. The Hall–Kier alpha value is -1.42. The van der Waals surface area contributed by atoms with Crippen LogP contribution in [0, 0.1) is 0 Å². The number of hydrogen-bond acceptors (Lipinski definition) is 3. The Balaban J connectivity index is 2.34. The SMILES string of the molecule is CCNCCC(=O)N(C)Cc1ccncc1. The quantitative estimate of drug-likeness (QED) is 0.730. The molecule has 0 aliphatic carbocycles. The molecule has 0 radical (unpaired) electrons. The average molecular weight is 221 g/mol. The van der Waals surface area contributed by atoms with Gasteiger partial charge in [0.25, 0.3) is 0 Å². The summed E-state index contributed by atoms with van der Waals surface area (Å²) in [5.41, 5.74) is 1.11. The molecule has 1 N–H and O–H groups in total. The third-order valence-electron chi connectivity index (χ3n) is 2.36. The van der Waals surface area contributed by atoms with Gasteiger partial charge in [-0.1, -0.05) is 6.92 Å². The van der Waals surface area contributed by atoms with E-state index in [0.717, 1.165) is 18.7 Å². The number of amides is 1. The highest BCUT2D eigenvalue weighted by Crippen LogP contribution is 2.02. The van der Waals surface area contributed by atoms with Gasteiger partial charge in [0.05, 0.1) is 0 Å². The van der Waals surface area contributed by atoms with Gasteiger partial charge < -0.3 is 10.2 Å². The second kappa shape index (κ2) is 6.95. The van der Waals surface area contributed by atoms with Crippen LogP contribution in [-0.4, -0.2) is 35.9 Å². The Morgan fingerprint density at radius 1 is 1.44 bits per heavy atom. The van der Waals surface area contributed by atoms with Gasteiger partial charge >= 0.3 is 0 Å². The van der Waals surface area contributed by atoms with Crippen LogP contribution in [-0.2, 0) is 11.3 Å². The molecule has 1 rings (SSSR count). The van der Waals surface area contributed by atoms with Crippen molar-refractivity contribution in [3.63, 3.8) is 0 Å². The summed E-state index contributed by atoms with van der Waals surface area (Å²) in [6, 6.07) is 3.85. The van der Waals surface area contributed by atoms with Gasteiger partial charge in [-0.15, -0.1) is 0 Å². The van der Waals surface area contributed by atoms with Gasteiger partial charge in [-0.2, -0.15) is 0 Å². The molecule has 0 aliphatic rings. The molecule has 0 unspecified atom stereocenters. The lowest BCUT2D eigenvalue weighted by Crippen LogP contribution is -2.29. The first-order chi connectivity index (χ1) is 7.74. The minimum absolute atomic E-state index is 0.165. The number of carbonyl (C=O) groups is 1. The van der Waals surface area contributed by atoms with Crippen LogP contribution in [0.5, 0.6) is 0 Å². The molecule has 4 nitrogen and oxygen atoms in total. The number of carbonyl (C=O) groups excluding carboxylic acids is 1. The summed E-state index contributed by atoms with van der Waals surface area (Å²) in [4.78, 5) is 17.4. The van der Waals surface area contributed by atoms with Crippen molar-refractivity contribution in [2.75, 3.05) is 20.1 Å². The predicted octanol–water partition coefficient (Wildman–Crippen LogP) is 1.04. The van der Waals surface area contributed by atoms with E-state index in [-0.39, 0.29) is 5.91 Å². The van der Waals surface area contributed by atoms with Gasteiger partial charge in [0.1, 0.15) is 0 Å². The summed E-state index contributed by atoms with van der Waals surface area (Å²) in [6.07, 6.45) is 4.04. The normalized spacial score (nSPS) is 10.1. The van der Waals surface area contributed by atoms with E-state index in [0.29, 0.717) is 13.0 Å². The van der Waals surface area contributed by atoms with Crippen LogP contribution in [0.2, 0.25) is 0 Å². The van der Waals surface area contributed by atoms with Crippen molar-refractivity contribution in [1.29, 1.82) is 0 Å². The first-order valence-corrected chi connectivity index (χ1v) is 5.57. The van der Waals surface area contributed by atoms with Crippen LogP contribution in [0.4, 0.5) is 0 Å². The van der Waals surface area contributed by atoms with Crippen molar-refractivity contribution >= 4 is 5.91 Å². The first-order valence-electron chi connectivity index (χ1n) is 5.57. The lowest BCUT2D eigenvalue weighted by Gasteiger charge is -2.17. The van der Waals surface area contributed by atoms with E-state index in [4.69, 9.17) is 0 Å². The molecule has 1 amide bonds. The predicted molar refractivity (Wildman–Crippen MR) is 63.9 cm³/mol. The van der Waals surface area contributed by atoms with E-state index in [9.17, 15) is 4.79 Å². The number of hydrogen-bond donors (Lipinski definition) is 1. The monoisotopic (exact) mass is 221 g/mol. The van der Waals surface area contributed by atoms with Crippen LogP contribution in [0.25, 0.3) is 0 Å². The van der Waals surface area contributed by atoms with Gasteiger partial charge in [-0.25, -0.2) is 0 Å². The van der Waals surface area contributed by atoms with E-state index >= 15 is 0 Å². The van der Waals surface area contributed by atoms with Gasteiger partial charge in [0.15, 0.2) is 0 Å². The summed E-state index contributed by atoms with van der Waals surface area (Å²) in [5.74, 6) is 0.165. The van der Waals surface area contributed by atoms with Crippen molar-refractivity contribution in [1.82, 2.24) is 15.2 Å². The molecule has 16 heavy (non-hydrogen) atoms. The Bertz CT molecular complexity index is 313. The summed E-state index contributed by atoms with van der Waals surface area (Å²) in [7, 11) is 1.83. The smallest absolute Gasteiger partial charge is 0.223 e. The highest BCUT2D eigenvalue weighted by Gasteiger charge is 2.07. The lowest BCUT2D eigenvalue weighted by molar-refractivity contribution is -0.130. The summed E-state index contributed by atoms with van der Waals surface area (Å²) in [5, 5.41) is 3.14. The molecule has 0 spiro atoms. The molecule has 4 heteroatoms. The molecular formula is C12H19N3O. The number of aromatic nitrogens is 1. The van der Waals surface area contributed by atoms with Crippen LogP contribution in [0.1, 0.15) is 18.9 Å². The van der Waals surface area contributed by atoms with Crippen LogP contribution in [0.15, 0.2) is 24.5 Å². The van der Waals surface area contributed by atoms with Gasteiger partial charge in [-0.3, -0.25) is 9.78 Å². The Kier molecular flexibility index (Phi) is 5.50. The third-order valence-corrected chi connectivity index (χ3v) is 2.36. The Morgan fingerprint density at radius 2 is 2.12 bits per heavy atom. The molecule has 88 valence electrons. The second-order valence-electron chi connectivity index (χ2n) is 3.71. The highest BCUT2D eigenvalue weighted by atomic mass is 16.2. The zero-order valence-electron chi connectivity index (χ0n) is 9.94. The molecule has 0 saturated heterocycles. The standard InChI is InChI=1S/C12H19N3O/c1-3-13-9-6-12(16)15(2)10-11-4-7-14-8-5-11/h4-5,7-8,13H,3,6,9-10H2,1-2H3. The summed E-state index contributed by atoms with van der Waals surface area (Å²) >= 11 is 0. The van der Waals surface area contributed by atoms with E-state index in [1.54, 1.807) is 17.3 Å². The fraction of sp³-hybridized carbons (Fsp3) is 0.500. The second-order valence-corrected chi connectivity index (χ2v) is 3.71. The van der Waals surface area contributed by atoms with E-state index in [1.807, 2.05) is 26.1 Å². The Morgan fingerprint density at radius 3 is 2.75 bits per heavy atom. The number of rotatable bonds is 6. The minimum atomic E-state index is 0.165. The topological polar surface area (TPSA) is 45.2 Å². The van der Waals surface area contributed by atoms with Gasteiger partial charge in [-0.05, 0) is 24.2 Å². The van der Waals surface area contributed by atoms with Gasteiger partial charge in [0, 0.05) is 39.0 Å². The van der Waals surface area contributed by atoms with Crippen molar-refractivity contribution in [2.45, 2.75) is 19.9 Å². The Labute approximate surface area is 96.7 Å². The molecule has 1 aromatic heterocycles. The molecule has 0 bridgehead atoms. The van der Waals surface area contributed by atoms with Crippen LogP contribution < -0.4 is 5.32 Å². The first kappa shape index (κ1) is 12.6.